The van der Waals surface area contributed by atoms with Crippen LogP contribution in [0, 0.1) is 13.8 Å². The Labute approximate surface area is 161 Å². The van der Waals surface area contributed by atoms with Crippen molar-refractivity contribution in [1.82, 2.24) is 5.32 Å². The van der Waals surface area contributed by atoms with Crippen LogP contribution < -0.4 is 16.0 Å². The summed E-state index contributed by atoms with van der Waals surface area (Å²) < 4.78 is 10.9. The third kappa shape index (κ3) is 3.78. The normalized spacial score (nSPS) is 12.4. The van der Waals surface area contributed by atoms with Crippen molar-refractivity contribution in [3.63, 3.8) is 0 Å². The molecule has 0 bridgehead atoms. The second kappa shape index (κ2) is 7.88. The highest BCUT2D eigenvalue weighted by atomic mass is 16.4. The molecule has 148 valence electrons. The number of aliphatic carboxylic acids is 1. The number of fused-ring (bicyclic) bond motifs is 2. The molecule has 1 N–H and O–H groups in total. The van der Waals surface area contributed by atoms with E-state index in [0.29, 0.717) is 29.6 Å². The van der Waals surface area contributed by atoms with Crippen molar-refractivity contribution in [2.24, 2.45) is 0 Å². The van der Waals surface area contributed by atoms with Gasteiger partial charge < -0.3 is 24.1 Å². The van der Waals surface area contributed by atoms with Crippen LogP contribution in [0.2, 0.25) is 0 Å². The van der Waals surface area contributed by atoms with E-state index in [1.807, 2.05) is 26.8 Å². The molecule has 0 aliphatic heterocycles. The highest BCUT2D eigenvalue weighted by molar-refractivity contribution is 5.96. The van der Waals surface area contributed by atoms with E-state index in [2.05, 4.69) is 5.32 Å². The molecule has 7 heteroatoms. The van der Waals surface area contributed by atoms with Crippen LogP contribution in [0.1, 0.15) is 42.9 Å². The Kier molecular flexibility index (Phi) is 5.53. The fourth-order valence-corrected chi connectivity index (χ4v) is 3.37. The molecule has 0 saturated heterocycles. The quantitative estimate of drug-likeness (QED) is 0.625. The first-order chi connectivity index (χ1) is 13.3. The molecular formula is C21H22NO6-. The van der Waals surface area contributed by atoms with Gasteiger partial charge in [-0.25, -0.2) is 4.79 Å². The Morgan fingerprint density at radius 1 is 1.18 bits per heavy atom. The number of furan rings is 1. The summed E-state index contributed by atoms with van der Waals surface area (Å²) in [4.78, 5) is 35.6. The molecule has 2 heterocycles. The number of carboxylic acid groups (broad SMARTS) is 1. The molecular weight excluding hydrogens is 362 g/mol. The number of carbonyl (C=O) groups is 2. The predicted molar refractivity (Wildman–Crippen MR) is 102 cm³/mol. The first-order valence-corrected chi connectivity index (χ1v) is 9.26. The molecule has 0 aliphatic carbocycles. The van der Waals surface area contributed by atoms with E-state index < -0.39 is 23.5 Å². The largest absolute Gasteiger partial charge is 0.548 e. The van der Waals surface area contributed by atoms with Crippen LogP contribution in [0.5, 0.6) is 0 Å². The second-order valence-corrected chi connectivity index (χ2v) is 6.98. The minimum absolute atomic E-state index is 0.0163. The van der Waals surface area contributed by atoms with Crippen LogP contribution in [-0.2, 0) is 16.0 Å². The summed E-state index contributed by atoms with van der Waals surface area (Å²) in [6, 6.07) is 2.58. The fraction of sp³-hybridized carbons (Fsp3) is 0.381. The summed E-state index contributed by atoms with van der Waals surface area (Å²) in [7, 11) is 0. The van der Waals surface area contributed by atoms with Crippen LogP contribution in [0.25, 0.3) is 21.9 Å². The number of amides is 1. The van der Waals surface area contributed by atoms with Gasteiger partial charge in [0.05, 0.1) is 18.3 Å². The number of aryl methyl sites for hydroxylation is 2. The van der Waals surface area contributed by atoms with E-state index in [0.717, 1.165) is 21.9 Å². The fourth-order valence-electron chi connectivity index (χ4n) is 3.37. The van der Waals surface area contributed by atoms with Gasteiger partial charge in [0.1, 0.15) is 11.2 Å². The smallest absolute Gasteiger partial charge is 0.339 e. The maximum Gasteiger partial charge on any atom is 0.339 e. The standard InChI is InChI=1S/C21H23NO6/c1-4-5-16(20(24)25)22-19(23)7-6-13-12(3)15-8-14-11(2)10-27-17(14)9-18(15)28-21(13)26/h8-10,16H,4-7H2,1-3H3,(H,22,23)(H,24,25)/p-1/t16-/m0/s1. The van der Waals surface area contributed by atoms with E-state index in [1.165, 1.54) is 0 Å². The lowest BCUT2D eigenvalue weighted by atomic mass is 10.0. The molecule has 2 aromatic heterocycles. The average Bonchev–Trinajstić information content (AvgIpc) is 3.00. The number of rotatable bonds is 7. The Bertz CT molecular complexity index is 1110. The molecule has 7 nitrogen and oxygen atoms in total. The number of hydrogen-bond donors (Lipinski definition) is 1. The summed E-state index contributed by atoms with van der Waals surface area (Å²) >= 11 is 0. The SMILES string of the molecule is CCC[C@H](NC(=O)CCc1c(C)c2cc3c(C)coc3cc2oc1=O)C(=O)[O-]. The van der Waals surface area contributed by atoms with Gasteiger partial charge in [-0.3, -0.25) is 4.79 Å². The Balaban J connectivity index is 1.85. The number of hydrogen-bond acceptors (Lipinski definition) is 6. The van der Waals surface area contributed by atoms with Gasteiger partial charge in [-0.05, 0) is 43.9 Å². The Morgan fingerprint density at radius 2 is 1.93 bits per heavy atom. The van der Waals surface area contributed by atoms with Crippen molar-refractivity contribution in [3.8, 4) is 0 Å². The highest BCUT2D eigenvalue weighted by Crippen LogP contribution is 2.29. The first-order valence-electron chi connectivity index (χ1n) is 9.26. The summed E-state index contributed by atoms with van der Waals surface area (Å²) in [5, 5.41) is 15.2. The maximum atomic E-state index is 12.4. The number of carbonyl (C=O) groups excluding carboxylic acids is 2. The second-order valence-electron chi connectivity index (χ2n) is 6.98. The van der Waals surface area contributed by atoms with Crippen LogP contribution in [-0.4, -0.2) is 17.9 Å². The van der Waals surface area contributed by atoms with Crippen LogP contribution in [0.3, 0.4) is 0 Å². The molecule has 0 fully saturated rings. The molecule has 0 radical (unpaired) electrons. The van der Waals surface area contributed by atoms with Crippen molar-refractivity contribution >= 4 is 33.8 Å². The Morgan fingerprint density at radius 3 is 2.61 bits per heavy atom. The Hall–Kier alpha value is -3.09. The van der Waals surface area contributed by atoms with Crippen molar-refractivity contribution in [2.45, 2.75) is 52.5 Å². The van der Waals surface area contributed by atoms with Gasteiger partial charge in [0, 0.05) is 28.8 Å². The molecule has 3 aromatic rings. The molecule has 1 amide bonds. The molecule has 0 spiro atoms. The van der Waals surface area contributed by atoms with Gasteiger partial charge >= 0.3 is 5.63 Å². The van der Waals surface area contributed by atoms with Gasteiger partial charge in [0.15, 0.2) is 0 Å². The number of benzene rings is 1. The van der Waals surface area contributed by atoms with E-state index in [9.17, 15) is 19.5 Å². The summed E-state index contributed by atoms with van der Waals surface area (Å²) in [6.07, 6.45) is 2.69. The van der Waals surface area contributed by atoms with E-state index in [-0.39, 0.29) is 12.8 Å². The molecule has 0 aliphatic rings. The molecule has 0 unspecified atom stereocenters. The monoisotopic (exact) mass is 384 g/mol. The molecule has 28 heavy (non-hydrogen) atoms. The van der Waals surface area contributed by atoms with E-state index in [1.54, 1.807) is 12.3 Å². The van der Waals surface area contributed by atoms with Gasteiger partial charge in [-0.2, -0.15) is 0 Å². The van der Waals surface area contributed by atoms with Crippen LogP contribution >= 0.6 is 0 Å². The topological polar surface area (TPSA) is 113 Å². The molecule has 1 atom stereocenters. The zero-order valence-corrected chi connectivity index (χ0v) is 16.1. The van der Waals surface area contributed by atoms with E-state index in [4.69, 9.17) is 8.83 Å². The van der Waals surface area contributed by atoms with Gasteiger partial charge in [-0.1, -0.05) is 13.3 Å². The third-order valence-corrected chi connectivity index (χ3v) is 4.97. The van der Waals surface area contributed by atoms with Crippen molar-refractivity contribution < 1.29 is 23.5 Å². The third-order valence-electron chi connectivity index (χ3n) is 4.97. The van der Waals surface area contributed by atoms with Gasteiger partial charge in [0.25, 0.3) is 0 Å². The first kappa shape index (κ1) is 19.7. The zero-order valence-electron chi connectivity index (χ0n) is 16.1. The minimum atomic E-state index is -1.31. The van der Waals surface area contributed by atoms with Crippen molar-refractivity contribution in [3.05, 3.63) is 45.5 Å². The predicted octanol–water partition coefficient (Wildman–Crippen LogP) is 2.12. The number of carboxylic acids is 1. The lowest BCUT2D eigenvalue weighted by Gasteiger charge is -2.19. The average molecular weight is 384 g/mol. The van der Waals surface area contributed by atoms with Crippen LogP contribution in [0.15, 0.2) is 32.0 Å². The maximum absolute atomic E-state index is 12.4. The summed E-state index contributed by atoms with van der Waals surface area (Å²) in [5.41, 5.74) is 2.69. The van der Waals surface area contributed by atoms with E-state index >= 15 is 0 Å². The lowest BCUT2D eigenvalue weighted by molar-refractivity contribution is -0.308. The zero-order chi connectivity index (χ0) is 20.4. The van der Waals surface area contributed by atoms with Crippen molar-refractivity contribution in [2.75, 3.05) is 0 Å². The molecule has 3 rings (SSSR count). The lowest BCUT2D eigenvalue weighted by Crippen LogP contribution is -2.47. The molecule has 1 aromatic carbocycles. The highest BCUT2D eigenvalue weighted by Gasteiger charge is 2.17. The van der Waals surface area contributed by atoms with Crippen LogP contribution in [0.4, 0.5) is 0 Å². The summed E-state index contributed by atoms with van der Waals surface area (Å²) in [5.74, 6) is -1.75. The van der Waals surface area contributed by atoms with Gasteiger partial charge in [0.2, 0.25) is 5.91 Å². The number of nitrogens with one attached hydrogen (secondary N) is 1. The van der Waals surface area contributed by atoms with Crippen molar-refractivity contribution in [1.29, 1.82) is 0 Å². The minimum Gasteiger partial charge on any atom is -0.548 e. The summed E-state index contributed by atoms with van der Waals surface area (Å²) in [6.45, 7) is 5.57. The van der Waals surface area contributed by atoms with Gasteiger partial charge in [-0.15, -0.1) is 0 Å². The molecule has 0 saturated carbocycles.